The highest BCUT2D eigenvalue weighted by Crippen LogP contribution is 2.25. The summed E-state index contributed by atoms with van der Waals surface area (Å²) in [7, 11) is 1.70. The number of rotatable bonds is 6. The molecule has 0 saturated heterocycles. The molecule has 2 amide bonds. The molecule has 0 atom stereocenters. The van der Waals surface area contributed by atoms with Gasteiger partial charge in [-0.15, -0.1) is 0 Å². The van der Waals surface area contributed by atoms with Gasteiger partial charge in [-0.2, -0.15) is 0 Å². The Bertz CT molecular complexity index is 664. The van der Waals surface area contributed by atoms with Crippen molar-refractivity contribution in [1.29, 1.82) is 0 Å². The second-order valence-corrected chi connectivity index (χ2v) is 6.54. The molecule has 0 spiro atoms. The fraction of sp³-hybridized carbons (Fsp3) is 0.381. The second-order valence-electron chi connectivity index (χ2n) is 6.54. The minimum absolute atomic E-state index is 0.0105. The van der Waals surface area contributed by atoms with Gasteiger partial charge in [0.05, 0.1) is 0 Å². The first-order chi connectivity index (χ1) is 12.3. The van der Waals surface area contributed by atoms with Crippen LogP contribution < -0.4 is 10.1 Å². The number of amides is 2. The van der Waals surface area contributed by atoms with Crippen LogP contribution in [0.25, 0.3) is 0 Å². The van der Waals surface area contributed by atoms with Gasteiger partial charge in [0.1, 0.15) is 12.4 Å². The van der Waals surface area contributed by atoms with E-state index >= 15 is 0 Å². The van der Waals surface area contributed by atoms with Crippen molar-refractivity contribution in [3.05, 3.63) is 65.7 Å². The van der Waals surface area contributed by atoms with Crippen LogP contribution in [0.4, 0.5) is 4.79 Å². The number of hydrogen-bond acceptors (Lipinski definition) is 2. The van der Waals surface area contributed by atoms with Gasteiger partial charge in [-0.3, -0.25) is 0 Å². The molecule has 3 rings (SSSR count). The maximum absolute atomic E-state index is 12.2. The highest BCUT2D eigenvalue weighted by molar-refractivity contribution is 5.74. The molecule has 25 heavy (non-hydrogen) atoms. The number of hydrogen-bond donors (Lipinski definition) is 1. The van der Waals surface area contributed by atoms with Crippen LogP contribution in [0, 0.1) is 0 Å². The number of benzene rings is 2. The lowest BCUT2D eigenvalue weighted by Gasteiger charge is -2.28. The molecule has 2 aromatic carbocycles. The van der Waals surface area contributed by atoms with E-state index in [1.54, 1.807) is 7.05 Å². The Hall–Kier alpha value is -2.49. The van der Waals surface area contributed by atoms with Crippen LogP contribution in [0.3, 0.4) is 0 Å². The van der Waals surface area contributed by atoms with Crippen LogP contribution in [-0.4, -0.2) is 24.0 Å². The zero-order valence-electron chi connectivity index (χ0n) is 14.8. The number of carbonyl (C=O) groups is 1. The number of urea groups is 1. The summed E-state index contributed by atoms with van der Waals surface area (Å²) in [6.07, 6.45) is 4.63. The Morgan fingerprint density at radius 1 is 1.04 bits per heavy atom. The first kappa shape index (κ1) is 17.3. The monoisotopic (exact) mass is 338 g/mol. The largest absolute Gasteiger partial charge is 0.489 e. The van der Waals surface area contributed by atoms with Crippen molar-refractivity contribution < 1.29 is 9.53 Å². The molecule has 1 fully saturated rings. The standard InChI is InChI=1S/C21H26N2O2/c1-22-21(24)23(19-9-5-6-10-19)15-17-11-13-20(14-12-17)25-16-18-7-3-2-4-8-18/h2-4,7-8,11-14,19H,5-6,9-10,15-16H2,1H3,(H,22,24). The summed E-state index contributed by atoms with van der Waals surface area (Å²) < 4.78 is 5.83. The fourth-order valence-corrected chi connectivity index (χ4v) is 3.35. The van der Waals surface area contributed by atoms with Crippen molar-refractivity contribution in [3.63, 3.8) is 0 Å². The normalized spacial score (nSPS) is 14.3. The molecule has 4 heteroatoms. The Labute approximate surface area is 149 Å². The van der Waals surface area contributed by atoms with E-state index in [9.17, 15) is 4.79 Å². The van der Waals surface area contributed by atoms with Gasteiger partial charge in [0.25, 0.3) is 0 Å². The van der Waals surface area contributed by atoms with E-state index in [0.29, 0.717) is 19.2 Å². The third-order valence-corrected chi connectivity index (χ3v) is 4.76. The summed E-state index contributed by atoms with van der Waals surface area (Å²) >= 11 is 0. The first-order valence-electron chi connectivity index (χ1n) is 9.00. The zero-order valence-corrected chi connectivity index (χ0v) is 14.8. The molecule has 0 radical (unpaired) electrons. The molecule has 1 saturated carbocycles. The Balaban J connectivity index is 1.59. The molecule has 132 valence electrons. The van der Waals surface area contributed by atoms with Crippen LogP contribution in [0.15, 0.2) is 54.6 Å². The maximum Gasteiger partial charge on any atom is 0.317 e. The average Bonchev–Trinajstić information content (AvgIpc) is 3.20. The summed E-state index contributed by atoms with van der Waals surface area (Å²) in [6, 6.07) is 18.6. The van der Waals surface area contributed by atoms with E-state index in [4.69, 9.17) is 4.74 Å². The molecule has 2 aromatic rings. The van der Waals surface area contributed by atoms with Gasteiger partial charge < -0.3 is 15.0 Å². The van der Waals surface area contributed by atoms with E-state index in [-0.39, 0.29) is 6.03 Å². The zero-order chi connectivity index (χ0) is 17.5. The summed E-state index contributed by atoms with van der Waals surface area (Å²) in [6.45, 7) is 1.20. The topological polar surface area (TPSA) is 41.6 Å². The number of carbonyl (C=O) groups excluding carboxylic acids is 1. The SMILES string of the molecule is CNC(=O)N(Cc1ccc(OCc2ccccc2)cc1)C1CCCC1. The highest BCUT2D eigenvalue weighted by atomic mass is 16.5. The lowest BCUT2D eigenvalue weighted by Crippen LogP contribution is -2.43. The molecular formula is C21H26N2O2. The lowest BCUT2D eigenvalue weighted by molar-refractivity contribution is 0.173. The Kier molecular flexibility index (Phi) is 5.94. The molecule has 1 aliphatic rings. The van der Waals surface area contributed by atoms with Crippen LogP contribution in [0.5, 0.6) is 5.75 Å². The van der Waals surface area contributed by atoms with Crippen molar-refractivity contribution in [2.45, 2.75) is 44.9 Å². The predicted molar refractivity (Wildman–Crippen MR) is 99.5 cm³/mol. The molecule has 0 bridgehead atoms. The number of nitrogens with zero attached hydrogens (tertiary/aromatic N) is 1. The van der Waals surface area contributed by atoms with Crippen LogP contribution in [-0.2, 0) is 13.2 Å². The first-order valence-corrected chi connectivity index (χ1v) is 9.00. The summed E-state index contributed by atoms with van der Waals surface area (Å²) in [5.41, 5.74) is 2.28. The Morgan fingerprint density at radius 2 is 1.72 bits per heavy atom. The van der Waals surface area contributed by atoms with E-state index in [1.165, 1.54) is 12.8 Å². The molecule has 0 heterocycles. The summed E-state index contributed by atoms with van der Waals surface area (Å²) in [5, 5.41) is 2.77. The minimum atomic E-state index is 0.0105. The summed E-state index contributed by atoms with van der Waals surface area (Å²) in [5.74, 6) is 0.847. The number of nitrogens with one attached hydrogen (secondary N) is 1. The lowest BCUT2D eigenvalue weighted by atomic mass is 10.1. The van der Waals surface area contributed by atoms with Gasteiger partial charge in [0.15, 0.2) is 0 Å². The van der Waals surface area contributed by atoms with Gasteiger partial charge in [-0.25, -0.2) is 4.79 Å². The predicted octanol–water partition coefficient (Wildman–Crippen LogP) is 4.35. The third kappa shape index (κ3) is 4.75. The molecule has 0 aromatic heterocycles. The smallest absolute Gasteiger partial charge is 0.317 e. The van der Waals surface area contributed by atoms with Gasteiger partial charge in [0, 0.05) is 19.6 Å². The maximum atomic E-state index is 12.2. The average molecular weight is 338 g/mol. The molecular weight excluding hydrogens is 312 g/mol. The highest BCUT2D eigenvalue weighted by Gasteiger charge is 2.26. The van der Waals surface area contributed by atoms with E-state index in [2.05, 4.69) is 17.4 Å². The van der Waals surface area contributed by atoms with Crippen molar-refractivity contribution in [2.75, 3.05) is 7.05 Å². The van der Waals surface area contributed by atoms with Crippen molar-refractivity contribution in [2.24, 2.45) is 0 Å². The van der Waals surface area contributed by atoms with Gasteiger partial charge in [0.2, 0.25) is 0 Å². The minimum Gasteiger partial charge on any atom is -0.489 e. The van der Waals surface area contributed by atoms with Crippen molar-refractivity contribution in [1.82, 2.24) is 10.2 Å². The molecule has 0 aliphatic heterocycles. The van der Waals surface area contributed by atoms with E-state index in [0.717, 1.165) is 29.7 Å². The molecule has 0 unspecified atom stereocenters. The molecule has 1 N–H and O–H groups in total. The van der Waals surface area contributed by atoms with E-state index < -0.39 is 0 Å². The van der Waals surface area contributed by atoms with Crippen molar-refractivity contribution in [3.8, 4) is 5.75 Å². The van der Waals surface area contributed by atoms with Crippen molar-refractivity contribution >= 4 is 6.03 Å². The van der Waals surface area contributed by atoms with Gasteiger partial charge >= 0.3 is 6.03 Å². The third-order valence-electron chi connectivity index (χ3n) is 4.76. The molecule has 1 aliphatic carbocycles. The Morgan fingerprint density at radius 3 is 2.36 bits per heavy atom. The number of ether oxygens (including phenoxy) is 1. The van der Waals surface area contributed by atoms with Crippen LogP contribution in [0.1, 0.15) is 36.8 Å². The summed E-state index contributed by atoms with van der Waals surface area (Å²) in [4.78, 5) is 14.2. The van der Waals surface area contributed by atoms with Crippen LogP contribution in [0.2, 0.25) is 0 Å². The quantitative estimate of drug-likeness (QED) is 0.851. The second kappa shape index (κ2) is 8.56. The van der Waals surface area contributed by atoms with E-state index in [1.807, 2.05) is 47.4 Å². The van der Waals surface area contributed by atoms with Gasteiger partial charge in [-0.05, 0) is 36.1 Å². The van der Waals surface area contributed by atoms with Crippen LogP contribution >= 0.6 is 0 Å². The fourth-order valence-electron chi connectivity index (χ4n) is 3.35. The molecule has 4 nitrogen and oxygen atoms in total. The van der Waals surface area contributed by atoms with Gasteiger partial charge in [-0.1, -0.05) is 55.3 Å².